The number of halogens is 1. The minimum Gasteiger partial charge on any atom is -0.336 e. The predicted molar refractivity (Wildman–Crippen MR) is 93.0 cm³/mol. The van der Waals surface area contributed by atoms with Crippen LogP contribution in [0.25, 0.3) is 0 Å². The summed E-state index contributed by atoms with van der Waals surface area (Å²) in [5.41, 5.74) is 9.73. The van der Waals surface area contributed by atoms with Gasteiger partial charge in [0.05, 0.1) is 0 Å². The van der Waals surface area contributed by atoms with Crippen LogP contribution in [0.3, 0.4) is 0 Å². The lowest BCUT2D eigenvalue weighted by Crippen LogP contribution is -2.37. The van der Waals surface area contributed by atoms with Crippen molar-refractivity contribution in [3.8, 4) is 0 Å². The molecular weight excluding hydrogens is 312 g/mol. The zero-order chi connectivity index (χ0) is 15.4. The van der Waals surface area contributed by atoms with E-state index in [-0.39, 0.29) is 18.3 Å². The fourth-order valence-corrected chi connectivity index (χ4v) is 3.03. The number of hydrogen-bond acceptors (Lipinski definition) is 3. The lowest BCUT2D eigenvalue weighted by molar-refractivity contribution is 0.0755. The molecule has 0 saturated heterocycles. The Morgan fingerprint density at radius 2 is 2.00 bits per heavy atom. The molecule has 6 heteroatoms. The number of nitrogens with two attached hydrogens (primary N) is 1. The molecule has 3 rings (SSSR count). The molecule has 23 heavy (non-hydrogen) atoms. The van der Waals surface area contributed by atoms with Gasteiger partial charge >= 0.3 is 0 Å². The maximum absolute atomic E-state index is 12.8. The number of fused-ring (bicyclic) bond motifs is 1. The van der Waals surface area contributed by atoms with Crippen molar-refractivity contribution in [2.24, 2.45) is 5.73 Å². The molecule has 0 atom stereocenters. The summed E-state index contributed by atoms with van der Waals surface area (Å²) >= 11 is 0. The Morgan fingerprint density at radius 1 is 1.22 bits per heavy atom. The quantitative estimate of drug-likeness (QED) is 0.848. The average molecular weight is 335 g/mol. The van der Waals surface area contributed by atoms with Gasteiger partial charge in [0.15, 0.2) is 5.69 Å². The van der Waals surface area contributed by atoms with Crippen molar-refractivity contribution >= 4 is 18.3 Å². The van der Waals surface area contributed by atoms with Crippen LogP contribution in [0, 0.1) is 0 Å². The molecule has 1 heterocycles. The molecular formula is C17H23ClN4O. The van der Waals surface area contributed by atoms with E-state index in [1.807, 2.05) is 23.1 Å². The first-order valence-corrected chi connectivity index (χ1v) is 7.89. The van der Waals surface area contributed by atoms with E-state index in [1.54, 1.807) is 0 Å². The van der Waals surface area contributed by atoms with Crippen LogP contribution >= 0.6 is 12.4 Å². The summed E-state index contributed by atoms with van der Waals surface area (Å²) in [7, 11) is 0. The fourth-order valence-electron chi connectivity index (χ4n) is 3.03. The third-order valence-electron chi connectivity index (χ3n) is 4.21. The van der Waals surface area contributed by atoms with Gasteiger partial charge in [0.25, 0.3) is 5.91 Å². The summed E-state index contributed by atoms with van der Waals surface area (Å²) in [6.45, 7) is 1.70. The topological polar surface area (TPSA) is 75.0 Å². The van der Waals surface area contributed by atoms with Crippen LogP contribution in [-0.4, -0.2) is 40.6 Å². The number of benzene rings is 1. The second-order valence-corrected chi connectivity index (χ2v) is 5.70. The monoisotopic (exact) mass is 334 g/mol. The van der Waals surface area contributed by atoms with Gasteiger partial charge in [-0.15, -0.1) is 12.4 Å². The average Bonchev–Trinajstić information content (AvgIpc) is 3.15. The highest BCUT2D eigenvalue weighted by atomic mass is 35.5. The molecule has 0 fully saturated rings. The van der Waals surface area contributed by atoms with Crippen LogP contribution in [0.5, 0.6) is 0 Å². The van der Waals surface area contributed by atoms with Crippen LogP contribution in [0.15, 0.2) is 30.3 Å². The van der Waals surface area contributed by atoms with Gasteiger partial charge < -0.3 is 10.6 Å². The van der Waals surface area contributed by atoms with E-state index in [9.17, 15) is 4.79 Å². The largest absolute Gasteiger partial charge is 0.336 e. The van der Waals surface area contributed by atoms with Crippen LogP contribution < -0.4 is 5.73 Å². The number of carbonyl (C=O) groups excluding carboxylic acids is 1. The molecule has 3 N–H and O–H groups in total. The maximum Gasteiger partial charge on any atom is 0.274 e. The van der Waals surface area contributed by atoms with Crippen molar-refractivity contribution in [3.63, 3.8) is 0 Å². The number of amides is 1. The summed E-state index contributed by atoms with van der Waals surface area (Å²) in [6.07, 6.45) is 3.88. The first kappa shape index (κ1) is 17.5. The van der Waals surface area contributed by atoms with Crippen LogP contribution in [-0.2, 0) is 19.3 Å². The number of H-pyrrole nitrogens is 1. The summed E-state index contributed by atoms with van der Waals surface area (Å²) in [4.78, 5) is 14.6. The summed E-state index contributed by atoms with van der Waals surface area (Å²) in [6, 6.07) is 10.2. The van der Waals surface area contributed by atoms with Gasteiger partial charge in [0.2, 0.25) is 0 Å². The second-order valence-electron chi connectivity index (χ2n) is 5.70. The van der Waals surface area contributed by atoms with E-state index in [1.165, 1.54) is 5.56 Å². The van der Waals surface area contributed by atoms with E-state index in [0.717, 1.165) is 36.9 Å². The Balaban J connectivity index is 0.00000192. The molecule has 0 saturated carbocycles. The number of hydrogen-bond donors (Lipinski definition) is 2. The van der Waals surface area contributed by atoms with Gasteiger partial charge in [0, 0.05) is 30.9 Å². The van der Waals surface area contributed by atoms with Gasteiger partial charge in [-0.1, -0.05) is 30.3 Å². The Bertz CT molecular complexity index is 641. The molecule has 0 spiro atoms. The van der Waals surface area contributed by atoms with Crippen LogP contribution in [0.1, 0.15) is 33.7 Å². The minimum absolute atomic E-state index is 0. The van der Waals surface area contributed by atoms with E-state index >= 15 is 0 Å². The molecule has 1 aliphatic carbocycles. The SMILES string of the molecule is Cl.NCCN(CCc1ccccc1)C(=O)c1n[nH]c2c1CCC2. The van der Waals surface area contributed by atoms with Gasteiger partial charge in [-0.05, 0) is 31.2 Å². The van der Waals surface area contributed by atoms with Crippen molar-refractivity contribution in [2.45, 2.75) is 25.7 Å². The number of rotatable bonds is 6. The number of aromatic amines is 1. The zero-order valence-electron chi connectivity index (χ0n) is 13.1. The van der Waals surface area contributed by atoms with Gasteiger partial charge in [-0.3, -0.25) is 9.89 Å². The highest BCUT2D eigenvalue weighted by Crippen LogP contribution is 2.23. The van der Waals surface area contributed by atoms with Crippen molar-refractivity contribution in [2.75, 3.05) is 19.6 Å². The lowest BCUT2D eigenvalue weighted by Gasteiger charge is -2.21. The Morgan fingerprint density at radius 3 is 2.74 bits per heavy atom. The van der Waals surface area contributed by atoms with Gasteiger partial charge in [0.1, 0.15) is 0 Å². The Labute approximate surface area is 142 Å². The number of aryl methyl sites for hydroxylation is 1. The third kappa shape index (κ3) is 3.92. The number of nitrogens with zero attached hydrogens (tertiary/aromatic N) is 2. The molecule has 2 aromatic rings. The molecule has 0 radical (unpaired) electrons. The van der Waals surface area contributed by atoms with Crippen molar-refractivity contribution in [3.05, 3.63) is 52.8 Å². The standard InChI is InChI=1S/C17H22N4O.ClH/c18-10-12-21(11-9-13-5-2-1-3-6-13)17(22)16-14-7-4-8-15(14)19-20-16;/h1-3,5-6H,4,7-12,18H2,(H,19,20);1H. The molecule has 0 unspecified atom stereocenters. The molecule has 1 aliphatic rings. The third-order valence-corrected chi connectivity index (χ3v) is 4.21. The predicted octanol–water partition coefficient (Wildman–Crippen LogP) is 1.96. The van der Waals surface area contributed by atoms with Crippen molar-refractivity contribution in [1.82, 2.24) is 15.1 Å². The highest BCUT2D eigenvalue weighted by Gasteiger charge is 2.26. The molecule has 0 aliphatic heterocycles. The zero-order valence-corrected chi connectivity index (χ0v) is 13.9. The van der Waals surface area contributed by atoms with Crippen molar-refractivity contribution < 1.29 is 4.79 Å². The van der Waals surface area contributed by atoms with E-state index < -0.39 is 0 Å². The van der Waals surface area contributed by atoms with Crippen LogP contribution in [0.2, 0.25) is 0 Å². The van der Waals surface area contributed by atoms with Crippen LogP contribution in [0.4, 0.5) is 0 Å². The molecule has 1 amide bonds. The molecule has 124 valence electrons. The maximum atomic E-state index is 12.8. The lowest BCUT2D eigenvalue weighted by atomic mass is 10.1. The first-order chi connectivity index (χ1) is 10.8. The van der Waals surface area contributed by atoms with Gasteiger partial charge in [-0.25, -0.2) is 0 Å². The molecule has 1 aromatic heterocycles. The molecule has 5 nitrogen and oxygen atoms in total. The Hall–Kier alpha value is -1.85. The van der Waals surface area contributed by atoms with E-state index in [2.05, 4.69) is 22.3 Å². The smallest absolute Gasteiger partial charge is 0.274 e. The minimum atomic E-state index is 0. The van der Waals surface area contributed by atoms with E-state index in [0.29, 0.717) is 25.3 Å². The molecule has 0 bridgehead atoms. The summed E-state index contributed by atoms with van der Waals surface area (Å²) in [5.74, 6) is 0.000723. The summed E-state index contributed by atoms with van der Waals surface area (Å²) < 4.78 is 0. The number of carbonyl (C=O) groups is 1. The first-order valence-electron chi connectivity index (χ1n) is 7.89. The molecule has 1 aromatic carbocycles. The highest BCUT2D eigenvalue weighted by molar-refractivity contribution is 5.94. The normalized spacial score (nSPS) is 12.6. The number of aromatic nitrogens is 2. The fraction of sp³-hybridized carbons (Fsp3) is 0.412. The Kier molecular flexibility index (Phi) is 6.19. The number of nitrogens with one attached hydrogen (secondary N) is 1. The van der Waals surface area contributed by atoms with Crippen molar-refractivity contribution in [1.29, 1.82) is 0 Å². The summed E-state index contributed by atoms with van der Waals surface area (Å²) in [5, 5.41) is 7.25. The second kappa shape index (κ2) is 8.13. The van der Waals surface area contributed by atoms with Gasteiger partial charge in [-0.2, -0.15) is 5.10 Å². The van der Waals surface area contributed by atoms with E-state index in [4.69, 9.17) is 5.73 Å².